The summed E-state index contributed by atoms with van der Waals surface area (Å²) in [4.78, 5) is 21.7. The Morgan fingerprint density at radius 1 is 1.00 bits per heavy atom. The fourth-order valence-corrected chi connectivity index (χ4v) is 3.83. The largest absolute Gasteiger partial charge is 0.497 e. The Labute approximate surface area is 166 Å². The van der Waals surface area contributed by atoms with E-state index < -0.39 is 0 Å². The highest BCUT2D eigenvalue weighted by molar-refractivity contribution is 5.94. The summed E-state index contributed by atoms with van der Waals surface area (Å²) in [5, 5.41) is 0. The summed E-state index contributed by atoms with van der Waals surface area (Å²) in [7, 11) is 1.62. The van der Waals surface area contributed by atoms with Crippen LogP contribution in [0.1, 0.15) is 36.0 Å². The molecule has 1 aliphatic carbocycles. The lowest BCUT2D eigenvalue weighted by atomic mass is 9.91. The fourth-order valence-electron chi connectivity index (χ4n) is 3.83. The molecule has 0 unspecified atom stereocenters. The van der Waals surface area contributed by atoms with Gasteiger partial charge in [-0.2, -0.15) is 0 Å². The number of amides is 1. The van der Waals surface area contributed by atoms with Crippen molar-refractivity contribution in [3.8, 4) is 17.2 Å². The standard InChI is InChI=1S/C22H27N3O3/c1-27-19-7-3-8-20(14-19)28-21-13-17(15-23-16-21)22(26)25-10-4-9-24(11-12-25)18-5-2-6-18/h3,7-8,13-16,18H,2,4-6,9-12H2,1H3. The molecule has 0 bridgehead atoms. The summed E-state index contributed by atoms with van der Waals surface area (Å²) in [5.41, 5.74) is 0.567. The van der Waals surface area contributed by atoms with Gasteiger partial charge in [0, 0.05) is 44.5 Å². The van der Waals surface area contributed by atoms with Gasteiger partial charge in [0.1, 0.15) is 17.2 Å². The zero-order chi connectivity index (χ0) is 19.3. The van der Waals surface area contributed by atoms with Crippen LogP contribution in [0.5, 0.6) is 17.2 Å². The number of aromatic nitrogens is 1. The average molecular weight is 381 g/mol. The van der Waals surface area contributed by atoms with Crippen LogP contribution in [0, 0.1) is 0 Å². The minimum Gasteiger partial charge on any atom is -0.497 e. The number of pyridine rings is 1. The molecular formula is C22H27N3O3. The van der Waals surface area contributed by atoms with Crippen molar-refractivity contribution >= 4 is 5.91 Å². The smallest absolute Gasteiger partial charge is 0.255 e. The summed E-state index contributed by atoms with van der Waals surface area (Å²) in [6.45, 7) is 3.62. The number of hydrogen-bond donors (Lipinski definition) is 0. The highest BCUT2D eigenvalue weighted by Gasteiger charge is 2.28. The van der Waals surface area contributed by atoms with Crippen molar-refractivity contribution in [1.82, 2.24) is 14.8 Å². The SMILES string of the molecule is COc1cccc(Oc2cncc(C(=O)N3CCCN(C4CCC4)CC3)c2)c1. The predicted octanol–water partition coefficient (Wildman–Crippen LogP) is 3.58. The lowest BCUT2D eigenvalue weighted by Gasteiger charge is -2.36. The molecule has 0 N–H and O–H groups in total. The first kappa shape index (κ1) is 18.7. The molecule has 2 aliphatic rings. The molecule has 2 heterocycles. The van der Waals surface area contributed by atoms with Gasteiger partial charge in [0.05, 0.1) is 18.9 Å². The normalized spacial score (nSPS) is 18.2. The van der Waals surface area contributed by atoms with E-state index in [-0.39, 0.29) is 5.91 Å². The van der Waals surface area contributed by atoms with E-state index in [0.717, 1.165) is 44.4 Å². The molecule has 2 aromatic rings. The second-order valence-electron chi connectivity index (χ2n) is 7.46. The highest BCUT2D eigenvalue weighted by Crippen LogP contribution is 2.27. The molecule has 1 saturated heterocycles. The van der Waals surface area contributed by atoms with Crippen molar-refractivity contribution in [2.24, 2.45) is 0 Å². The first-order valence-electron chi connectivity index (χ1n) is 10.0. The lowest BCUT2D eigenvalue weighted by Crippen LogP contribution is -2.42. The number of carbonyl (C=O) groups excluding carboxylic acids is 1. The van der Waals surface area contributed by atoms with Crippen LogP contribution in [-0.2, 0) is 0 Å². The van der Waals surface area contributed by atoms with Crippen LogP contribution in [0.2, 0.25) is 0 Å². The van der Waals surface area contributed by atoms with Crippen molar-refractivity contribution in [2.75, 3.05) is 33.3 Å². The second-order valence-corrected chi connectivity index (χ2v) is 7.46. The van der Waals surface area contributed by atoms with Crippen LogP contribution in [0.3, 0.4) is 0 Å². The van der Waals surface area contributed by atoms with E-state index in [1.807, 2.05) is 23.1 Å². The van der Waals surface area contributed by atoms with Crippen molar-refractivity contribution in [3.63, 3.8) is 0 Å². The van der Waals surface area contributed by atoms with Crippen molar-refractivity contribution in [2.45, 2.75) is 31.7 Å². The van der Waals surface area contributed by atoms with Crippen molar-refractivity contribution < 1.29 is 14.3 Å². The maximum atomic E-state index is 13.0. The van der Waals surface area contributed by atoms with Gasteiger partial charge >= 0.3 is 0 Å². The molecule has 4 rings (SSSR count). The summed E-state index contributed by atoms with van der Waals surface area (Å²) in [6, 6.07) is 9.87. The maximum absolute atomic E-state index is 13.0. The Morgan fingerprint density at radius 2 is 1.86 bits per heavy atom. The molecule has 6 heteroatoms. The summed E-state index contributed by atoms with van der Waals surface area (Å²) in [5.74, 6) is 1.94. The van der Waals surface area contributed by atoms with Crippen LogP contribution >= 0.6 is 0 Å². The molecule has 0 spiro atoms. The van der Waals surface area contributed by atoms with E-state index in [1.54, 1.807) is 31.6 Å². The molecule has 1 aromatic carbocycles. The predicted molar refractivity (Wildman–Crippen MR) is 107 cm³/mol. The number of rotatable bonds is 5. The van der Waals surface area contributed by atoms with Gasteiger partial charge in [0.2, 0.25) is 0 Å². The Morgan fingerprint density at radius 3 is 2.64 bits per heavy atom. The van der Waals surface area contributed by atoms with Gasteiger partial charge in [-0.1, -0.05) is 12.5 Å². The average Bonchev–Trinajstić information content (AvgIpc) is 2.92. The minimum atomic E-state index is 0.0269. The first-order valence-corrected chi connectivity index (χ1v) is 10.0. The van der Waals surface area contributed by atoms with E-state index in [2.05, 4.69) is 9.88 Å². The van der Waals surface area contributed by atoms with Gasteiger partial charge in [0.15, 0.2) is 0 Å². The molecule has 1 aromatic heterocycles. The van der Waals surface area contributed by atoms with Gasteiger partial charge in [-0.15, -0.1) is 0 Å². The van der Waals surface area contributed by atoms with E-state index in [1.165, 1.54) is 19.3 Å². The molecule has 6 nitrogen and oxygen atoms in total. The first-order chi connectivity index (χ1) is 13.7. The molecule has 1 aliphatic heterocycles. The van der Waals surface area contributed by atoms with Gasteiger partial charge in [-0.05, 0) is 37.5 Å². The number of nitrogens with zero attached hydrogens (tertiary/aromatic N) is 3. The van der Waals surface area contributed by atoms with Crippen molar-refractivity contribution in [1.29, 1.82) is 0 Å². The summed E-state index contributed by atoms with van der Waals surface area (Å²) >= 11 is 0. The number of ether oxygens (including phenoxy) is 2. The molecule has 0 atom stereocenters. The summed E-state index contributed by atoms with van der Waals surface area (Å²) in [6.07, 6.45) is 8.22. The van der Waals surface area contributed by atoms with Gasteiger partial charge in [-0.3, -0.25) is 14.7 Å². The Bertz CT molecular complexity index is 822. The number of hydrogen-bond acceptors (Lipinski definition) is 5. The second kappa shape index (κ2) is 8.61. The minimum absolute atomic E-state index is 0.0269. The van der Waals surface area contributed by atoms with E-state index in [9.17, 15) is 4.79 Å². The number of methoxy groups -OCH3 is 1. The van der Waals surface area contributed by atoms with Gasteiger partial charge in [-0.25, -0.2) is 0 Å². The topological polar surface area (TPSA) is 54.9 Å². The number of carbonyl (C=O) groups is 1. The van der Waals surface area contributed by atoms with Gasteiger partial charge in [0.25, 0.3) is 5.91 Å². The number of benzene rings is 1. The zero-order valence-corrected chi connectivity index (χ0v) is 16.3. The van der Waals surface area contributed by atoms with E-state index in [0.29, 0.717) is 17.1 Å². The van der Waals surface area contributed by atoms with Crippen molar-refractivity contribution in [3.05, 3.63) is 48.3 Å². The Balaban J connectivity index is 1.42. The molecule has 2 fully saturated rings. The third kappa shape index (κ3) is 4.28. The molecule has 1 saturated carbocycles. The third-order valence-corrected chi connectivity index (χ3v) is 5.65. The maximum Gasteiger partial charge on any atom is 0.255 e. The molecule has 148 valence electrons. The van der Waals surface area contributed by atoms with Gasteiger partial charge < -0.3 is 14.4 Å². The van der Waals surface area contributed by atoms with Crippen LogP contribution in [0.4, 0.5) is 0 Å². The monoisotopic (exact) mass is 381 g/mol. The third-order valence-electron chi connectivity index (χ3n) is 5.65. The fraction of sp³-hybridized carbons (Fsp3) is 0.455. The Hall–Kier alpha value is -2.60. The quantitative estimate of drug-likeness (QED) is 0.792. The van der Waals surface area contributed by atoms with Crippen LogP contribution < -0.4 is 9.47 Å². The molecule has 0 radical (unpaired) electrons. The zero-order valence-electron chi connectivity index (χ0n) is 16.3. The lowest BCUT2D eigenvalue weighted by molar-refractivity contribution is 0.0749. The highest BCUT2D eigenvalue weighted by atomic mass is 16.5. The van der Waals surface area contributed by atoms with Crippen LogP contribution in [0.15, 0.2) is 42.7 Å². The van der Waals surface area contributed by atoms with E-state index in [4.69, 9.17) is 9.47 Å². The van der Waals surface area contributed by atoms with E-state index >= 15 is 0 Å². The Kier molecular flexibility index (Phi) is 5.76. The van der Waals surface area contributed by atoms with Crippen LogP contribution in [-0.4, -0.2) is 60.0 Å². The molecular weight excluding hydrogens is 354 g/mol. The van der Waals surface area contributed by atoms with Crippen LogP contribution in [0.25, 0.3) is 0 Å². The summed E-state index contributed by atoms with van der Waals surface area (Å²) < 4.78 is 11.1. The molecule has 1 amide bonds. The molecule has 28 heavy (non-hydrogen) atoms.